The van der Waals surface area contributed by atoms with Gasteiger partial charge in [-0.1, -0.05) is 12.8 Å². The SMILES string of the molecule is CNC(CSC1CCCC1)Cc1ncnn1C(C)C. The van der Waals surface area contributed by atoms with Crippen LogP contribution in [0.4, 0.5) is 0 Å². The maximum Gasteiger partial charge on any atom is 0.138 e. The van der Waals surface area contributed by atoms with Crippen molar-refractivity contribution in [3.63, 3.8) is 0 Å². The molecule has 0 amide bonds. The third-order valence-electron chi connectivity index (χ3n) is 3.81. The zero-order chi connectivity index (χ0) is 13.7. The van der Waals surface area contributed by atoms with E-state index in [2.05, 4.69) is 48.1 Å². The number of thioether (sulfide) groups is 1. The monoisotopic (exact) mass is 282 g/mol. The molecule has 1 aliphatic rings. The maximum atomic E-state index is 4.41. The van der Waals surface area contributed by atoms with Crippen LogP contribution < -0.4 is 5.32 Å². The van der Waals surface area contributed by atoms with Crippen molar-refractivity contribution in [2.45, 2.75) is 63.3 Å². The van der Waals surface area contributed by atoms with Crippen LogP contribution >= 0.6 is 11.8 Å². The lowest BCUT2D eigenvalue weighted by molar-refractivity contribution is 0.484. The van der Waals surface area contributed by atoms with Crippen molar-refractivity contribution < 1.29 is 0 Å². The van der Waals surface area contributed by atoms with Crippen LogP contribution in [0, 0.1) is 0 Å². The Morgan fingerprint density at radius 3 is 2.79 bits per heavy atom. The van der Waals surface area contributed by atoms with Gasteiger partial charge in [-0.05, 0) is 33.7 Å². The average Bonchev–Trinajstić information content (AvgIpc) is 3.05. The van der Waals surface area contributed by atoms with Crippen LogP contribution in [0.3, 0.4) is 0 Å². The Labute approximate surface area is 120 Å². The van der Waals surface area contributed by atoms with Gasteiger partial charge in [0.1, 0.15) is 12.2 Å². The molecule has 1 N–H and O–H groups in total. The predicted octanol–water partition coefficient (Wildman–Crippen LogP) is 2.67. The zero-order valence-corrected chi connectivity index (χ0v) is 13.1. The average molecular weight is 282 g/mol. The molecule has 1 aromatic rings. The Balaban J connectivity index is 1.85. The number of likely N-dealkylation sites (N-methyl/N-ethyl adjacent to an activating group) is 1. The highest BCUT2D eigenvalue weighted by molar-refractivity contribution is 7.99. The predicted molar refractivity (Wildman–Crippen MR) is 81.7 cm³/mol. The second-order valence-electron chi connectivity index (χ2n) is 5.64. The van der Waals surface area contributed by atoms with E-state index in [9.17, 15) is 0 Å². The van der Waals surface area contributed by atoms with Crippen LogP contribution in [-0.4, -0.2) is 38.9 Å². The smallest absolute Gasteiger partial charge is 0.138 e. The van der Waals surface area contributed by atoms with E-state index in [4.69, 9.17) is 0 Å². The molecule has 1 heterocycles. The summed E-state index contributed by atoms with van der Waals surface area (Å²) in [5.41, 5.74) is 0. The zero-order valence-electron chi connectivity index (χ0n) is 12.3. The van der Waals surface area contributed by atoms with E-state index < -0.39 is 0 Å². The highest BCUT2D eigenvalue weighted by atomic mass is 32.2. The molecule has 0 saturated heterocycles. The van der Waals surface area contributed by atoms with Crippen LogP contribution in [-0.2, 0) is 6.42 Å². The van der Waals surface area contributed by atoms with E-state index in [1.807, 2.05) is 4.68 Å². The Kier molecular flexibility index (Phi) is 5.70. The largest absolute Gasteiger partial charge is 0.316 e. The summed E-state index contributed by atoms with van der Waals surface area (Å²) < 4.78 is 2.03. The second-order valence-corrected chi connectivity index (χ2v) is 6.98. The van der Waals surface area contributed by atoms with Gasteiger partial charge in [-0.15, -0.1) is 0 Å². The van der Waals surface area contributed by atoms with Gasteiger partial charge in [-0.2, -0.15) is 16.9 Å². The van der Waals surface area contributed by atoms with E-state index in [0.29, 0.717) is 12.1 Å². The van der Waals surface area contributed by atoms with Gasteiger partial charge in [0.05, 0.1) is 0 Å². The van der Waals surface area contributed by atoms with Gasteiger partial charge in [-0.3, -0.25) is 0 Å². The summed E-state index contributed by atoms with van der Waals surface area (Å²) in [5, 5.41) is 8.63. The second kappa shape index (κ2) is 7.29. The van der Waals surface area contributed by atoms with E-state index in [1.165, 1.54) is 31.4 Å². The minimum Gasteiger partial charge on any atom is -0.316 e. The lowest BCUT2D eigenvalue weighted by Gasteiger charge is -2.19. The fourth-order valence-corrected chi connectivity index (χ4v) is 4.08. The molecule has 1 unspecified atom stereocenters. The molecule has 19 heavy (non-hydrogen) atoms. The Hall–Kier alpha value is -0.550. The van der Waals surface area contributed by atoms with Crippen molar-refractivity contribution in [1.29, 1.82) is 0 Å². The number of nitrogens with zero attached hydrogens (tertiary/aromatic N) is 3. The molecule has 5 heteroatoms. The van der Waals surface area contributed by atoms with Gasteiger partial charge in [0.15, 0.2) is 0 Å². The lowest BCUT2D eigenvalue weighted by atomic mass is 10.2. The first-order valence-corrected chi connectivity index (χ1v) is 8.42. The molecule has 4 nitrogen and oxygen atoms in total. The molecule has 0 radical (unpaired) electrons. The minimum atomic E-state index is 0.387. The lowest BCUT2D eigenvalue weighted by Crippen LogP contribution is -2.32. The fourth-order valence-electron chi connectivity index (χ4n) is 2.62. The molecule has 0 aromatic carbocycles. The summed E-state index contributed by atoms with van der Waals surface area (Å²) in [6.07, 6.45) is 8.29. The minimum absolute atomic E-state index is 0.387. The third-order valence-corrected chi connectivity index (χ3v) is 5.35. The summed E-state index contributed by atoms with van der Waals surface area (Å²) >= 11 is 2.13. The maximum absolute atomic E-state index is 4.41. The van der Waals surface area contributed by atoms with Crippen LogP contribution in [0.1, 0.15) is 51.4 Å². The molecule has 1 fully saturated rings. The first kappa shape index (κ1) is 14.9. The van der Waals surface area contributed by atoms with Gasteiger partial charge in [0.2, 0.25) is 0 Å². The molecule has 2 rings (SSSR count). The van der Waals surface area contributed by atoms with Crippen molar-refractivity contribution >= 4 is 11.8 Å². The summed E-state index contributed by atoms with van der Waals surface area (Å²) in [6.45, 7) is 4.31. The van der Waals surface area contributed by atoms with E-state index in [-0.39, 0.29) is 0 Å². The summed E-state index contributed by atoms with van der Waals surface area (Å²) in [6, 6.07) is 0.879. The first-order valence-electron chi connectivity index (χ1n) is 7.38. The number of hydrogen-bond donors (Lipinski definition) is 1. The van der Waals surface area contributed by atoms with Gasteiger partial charge in [0.25, 0.3) is 0 Å². The summed E-state index contributed by atoms with van der Waals surface area (Å²) in [4.78, 5) is 4.41. The van der Waals surface area contributed by atoms with Crippen LogP contribution in [0.15, 0.2) is 6.33 Å². The summed E-state index contributed by atoms with van der Waals surface area (Å²) in [7, 11) is 2.05. The number of aromatic nitrogens is 3. The molecule has 0 bridgehead atoms. The van der Waals surface area contributed by atoms with Crippen molar-refractivity contribution in [3.8, 4) is 0 Å². The van der Waals surface area contributed by atoms with Gasteiger partial charge in [0, 0.05) is 29.5 Å². The van der Waals surface area contributed by atoms with Crippen molar-refractivity contribution in [2.75, 3.05) is 12.8 Å². The molecule has 1 aliphatic carbocycles. The van der Waals surface area contributed by atoms with E-state index in [0.717, 1.165) is 17.5 Å². The highest BCUT2D eigenvalue weighted by Crippen LogP contribution is 2.29. The van der Waals surface area contributed by atoms with Gasteiger partial charge in [-0.25, -0.2) is 9.67 Å². The number of rotatable bonds is 7. The molecule has 0 spiro atoms. The third kappa shape index (κ3) is 4.21. The normalized spacial score (nSPS) is 18.3. The van der Waals surface area contributed by atoms with Crippen LogP contribution in [0.25, 0.3) is 0 Å². The first-order chi connectivity index (χ1) is 9.20. The quantitative estimate of drug-likeness (QED) is 0.835. The Morgan fingerprint density at radius 2 is 2.16 bits per heavy atom. The van der Waals surface area contributed by atoms with Crippen molar-refractivity contribution in [1.82, 2.24) is 20.1 Å². The molecular formula is C14H26N4S. The molecule has 1 atom stereocenters. The summed E-state index contributed by atoms with van der Waals surface area (Å²) in [5.74, 6) is 2.27. The van der Waals surface area contributed by atoms with Crippen LogP contribution in [0.5, 0.6) is 0 Å². The van der Waals surface area contributed by atoms with Gasteiger partial charge < -0.3 is 5.32 Å². The fraction of sp³-hybridized carbons (Fsp3) is 0.857. The molecule has 108 valence electrons. The van der Waals surface area contributed by atoms with Crippen LogP contribution in [0.2, 0.25) is 0 Å². The van der Waals surface area contributed by atoms with E-state index in [1.54, 1.807) is 6.33 Å². The van der Waals surface area contributed by atoms with Crippen molar-refractivity contribution in [2.24, 2.45) is 0 Å². The van der Waals surface area contributed by atoms with E-state index >= 15 is 0 Å². The molecular weight excluding hydrogens is 256 g/mol. The topological polar surface area (TPSA) is 42.7 Å². The Bertz CT molecular complexity index is 371. The standard InChI is InChI=1S/C14H26N4S/c1-11(2)18-14(16-10-17-18)8-12(15-3)9-19-13-6-4-5-7-13/h10-13,15H,4-9H2,1-3H3. The molecule has 1 aromatic heterocycles. The van der Waals surface area contributed by atoms with Gasteiger partial charge >= 0.3 is 0 Å². The van der Waals surface area contributed by atoms with Crippen molar-refractivity contribution in [3.05, 3.63) is 12.2 Å². The highest BCUT2D eigenvalue weighted by Gasteiger charge is 2.19. The number of hydrogen-bond acceptors (Lipinski definition) is 4. The molecule has 1 saturated carbocycles. The Morgan fingerprint density at radius 1 is 1.42 bits per heavy atom. The molecule has 0 aliphatic heterocycles. The number of nitrogens with one attached hydrogen (secondary N) is 1.